The molecule has 2 aromatic carbocycles. The molecule has 0 unspecified atom stereocenters. The molecule has 1 amide bonds. The van der Waals surface area contributed by atoms with E-state index in [0.29, 0.717) is 17.8 Å². The highest BCUT2D eigenvalue weighted by Crippen LogP contribution is 2.41. The van der Waals surface area contributed by atoms with Gasteiger partial charge < -0.3 is 10.6 Å². The average molecular weight is 398 g/mol. The number of hydrogen-bond donors (Lipinski definition) is 2. The fourth-order valence-corrected chi connectivity index (χ4v) is 4.20. The van der Waals surface area contributed by atoms with Crippen molar-refractivity contribution < 1.29 is 9.59 Å². The van der Waals surface area contributed by atoms with Crippen LogP contribution < -0.4 is 10.6 Å². The molecule has 0 fully saturated rings. The molecule has 0 saturated heterocycles. The van der Waals surface area contributed by atoms with Crippen molar-refractivity contribution in [3.8, 4) is 0 Å². The molecule has 0 bridgehead atoms. The van der Waals surface area contributed by atoms with Crippen LogP contribution in [-0.4, -0.2) is 21.5 Å². The Kier molecular flexibility index (Phi) is 4.47. The topological polar surface area (TPSA) is 76.0 Å². The van der Waals surface area contributed by atoms with Gasteiger partial charge in [0.05, 0.1) is 6.20 Å². The molecule has 1 aliphatic carbocycles. The number of carbonyl (C=O) groups excluding carboxylic acids is 2. The predicted molar refractivity (Wildman–Crippen MR) is 115 cm³/mol. The lowest BCUT2D eigenvalue weighted by molar-refractivity contribution is -0.116. The molecule has 2 aliphatic rings. The van der Waals surface area contributed by atoms with Gasteiger partial charge in [-0.05, 0) is 37.5 Å². The summed E-state index contributed by atoms with van der Waals surface area (Å²) in [5.74, 6) is 0.539. The second kappa shape index (κ2) is 7.30. The molecule has 1 aromatic heterocycles. The zero-order chi connectivity index (χ0) is 20.7. The monoisotopic (exact) mass is 398 g/mol. The molecule has 0 saturated carbocycles. The van der Waals surface area contributed by atoms with Gasteiger partial charge >= 0.3 is 0 Å². The molecule has 3 aromatic rings. The van der Waals surface area contributed by atoms with Crippen molar-refractivity contribution in [1.29, 1.82) is 0 Å². The third kappa shape index (κ3) is 3.10. The minimum absolute atomic E-state index is 0.144. The standard InChI is InChI=1S/C24H22N4O2/c1-15-10-12-16(13-11-15)22-21-19(8-5-9-20(21)29)27-23-18(14-25-28(22)23)24(30)26-17-6-3-2-4-7-17/h2-4,6-7,10-14,22,27H,5,8-9H2,1H3,(H,26,30)/t22-/m1/s1. The molecule has 2 N–H and O–H groups in total. The number of rotatable bonds is 3. The largest absolute Gasteiger partial charge is 0.343 e. The Bertz CT molecular complexity index is 1160. The lowest BCUT2D eigenvalue weighted by atomic mass is 9.85. The van der Waals surface area contributed by atoms with Gasteiger partial charge in [0.1, 0.15) is 17.4 Å². The summed E-state index contributed by atoms with van der Waals surface area (Å²) in [6.45, 7) is 2.04. The number of aryl methyl sites for hydroxylation is 1. The highest BCUT2D eigenvalue weighted by molar-refractivity contribution is 6.08. The fourth-order valence-electron chi connectivity index (χ4n) is 4.20. The molecule has 0 spiro atoms. The van der Waals surface area contributed by atoms with Crippen molar-refractivity contribution in [1.82, 2.24) is 9.78 Å². The quantitative estimate of drug-likeness (QED) is 0.683. The number of Topliss-reactive ketones (excluding diaryl/α,β-unsaturated/α-hetero) is 1. The lowest BCUT2D eigenvalue weighted by Crippen LogP contribution is -2.32. The van der Waals surface area contributed by atoms with Crippen molar-refractivity contribution in [3.63, 3.8) is 0 Å². The maximum absolute atomic E-state index is 13.0. The minimum atomic E-state index is -0.331. The van der Waals surface area contributed by atoms with Crippen LogP contribution in [0.1, 0.15) is 46.8 Å². The fraction of sp³-hybridized carbons (Fsp3) is 0.208. The number of allylic oxidation sites excluding steroid dienone is 2. The number of ketones is 1. The SMILES string of the molecule is Cc1ccc([C@@H]2C3=C(CCCC3=O)Nc3c(C(=O)Nc4ccccc4)cnn32)cc1. The molecule has 2 heterocycles. The number of benzene rings is 2. The molecule has 30 heavy (non-hydrogen) atoms. The Morgan fingerprint density at radius 3 is 2.63 bits per heavy atom. The van der Waals surface area contributed by atoms with Crippen LogP contribution in [0.4, 0.5) is 11.5 Å². The number of amides is 1. The van der Waals surface area contributed by atoms with E-state index >= 15 is 0 Å². The third-order valence-electron chi connectivity index (χ3n) is 5.71. The molecule has 0 radical (unpaired) electrons. The maximum Gasteiger partial charge on any atom is 0.261 e. The number of nitrogens with zero attached hydrogens (tertiary/aromatic N) is 2. The summed E-state index contributed by atoms with van der Waals surface area (Å²) in [5, 5.41) is 10.8. The predicted octanol–water partition coefficient (Wildman–Crippen LogP) is 4.47. The number of nitrogens with one attached hydrogen (secondary N) is 2. The summed E-state index contributed by atoms with van der Waals surface area (Å²) in [7, 11) is 0. The highest BCUT2D eigenvalue weighted by Gasteiger charge is 2.37. The smallest absolute Gasteiger partial charge is 0.261 e. The summed E-state index contributed by atoms with van der Waals surface area (Å²) in [6, 6.07) is 17.2. The second-order valence-electron chi connectivity index (χ2n) is 7.78. The van der Waals surface area contributed by atoms with Gasteiger partial charge in [0.25, 0.3) is 5.91 Å². The van der Waals surface area contributed by atoms with Crippen molar-refractivity contribution >= 4 is 23.2 Å². The average Bonchev–Trinajstić information content (AvgIpc) is 3.18. The van der Waals surface area contributed by atoms with E-state index in [2.05, 4.69) is 15.7 Å². The van der Waals surface area contributed by atoms with Gasteiger partial charge in [-0.2, -0.15) is 5.10 Å². The Hall–Kier alpha value is -3.67. The number of para-hydroxylation sites is 1. The van der Waals surface area contributed by atoms with Crippen LogP contribution in [0, 0.1) is 6.92 Å². The van der Waals surface area contributed by atoms with Gasteiger partial charge in [0.15, 0.2) is 5.78 Å². The summed E-state index contributed by atoms with van der Waals surface area (Å²) < 4.78 is 1.77. The molecule has 5 rings (SSSR count). The second-order valence-corrected chi connectivity index (χ2v) is 7.78. The molecule has 6 heteroatoms. The van der Waals surface area contributed by atoms with E-state index in [4.69, 9.17) is 0 Å². The van der Waals surface area contributed by atoms with Crippen molar-refractivity contribution in [2.45, 2.75) is 32.2 Å². The van der Waals surface area contributed by atoms with Crippen molar-refractivity contribution in [2.75, 3.05) is 10.6 Å². The zero-order valence-corrected chi connectivity index (χ0v) is 16.7. The van der Waals surface area contributed by atoms with Gasteiger partial charge in [0.2, 0.25) is 0 Å². The van der Waals surface area contributed by atoms with Gasteiger partial charge in [-0.1, -0.05) is 48.0 Å². The number of aromatic nitrogens is 2. The third-order valence-corrected chi connectivity index (χ3v) is 5.71. The zero-order valence-electron chi connectivity index (χ0n) is 16.7. The highest BCUT2D eigenvalue weighted by atomic mass is 16.1. The Morgan fingerprint density at radius 1 is 1.10 bits per heavy atom. The number of hydrogen-bond acceptors (Lipinski definition) is 4. The van der Waals surface area contributed by atoms with E-state index < -0.39 is 0 Å². The Labute approximate surface area is 174 Å². The van der Waals surface area contributed by atoms with E-state index in [1.165, 1.54) is 0 Å². The van der Waals surface area contributed by atoms with Crippen LogP contribution in [0.15, 0.2) is 72.1 Å². The first-order valence-corrected chi connectivity index (χ1v) is 10.2. The van der Waals surface area contributed by atoms with Crippen LogP contribution in [0.5, 0.6) is 0 Å². The summed E-state index contributed by atoms with van der Waals surface area (Å²) in [6.07, 6.45) is 3.71. The summed E-state index contributed by atoms with van der Waals surface area (Å²) >= 11 is 0. The van der Waals surface area contributed by atoms with Crippen LogP contribution in [0.25, 0.3) is 0 Å². The van der Waals surface area contributed by atoms with Crippen molar-refractivity contribution in [3.05, 3.63) is 88.8 Å². The molecule has 1 atom stereocenters. The van der Waals surface area contributed by atoms with Gasteiger partial charge in [0, 0.05) is 23.4 Å². The van der Waals surface area contributed by atoms with E-state index in [-0.39, 0.29) is 17.7 Å². The Balaban J connectivity index is 1.58. The van der Waals surface area contributed by atoms with E-state index in [9.17, 15) is 9.59 Å². The minimum Gasteiger partial charge on any atom is -0.343 e. The van der Waals surface area contributed by atoms with Gasteiger partial charge in [-0.25, -0.2) is 4.68 Å². The van der Waals surface area contributed by atoms with E-state index in [1.807, 2.05) is 61.5 Å². The first-order valence-electron chi connectivity index (χ1n) is 10.2. The molecule has 1 aliphatic heterocycles. The van der Waals surface area contributed by atoms with Crippen LogP contribution in [-0.2, 0) is 4.79 Å². The Morgan fingerprint density at radius 2 is 1.87 bits per heavy atom. The maximum atomic E-state index is 13.0. The number of anilines is 2. The van der Waals surface area contributed by atoms with E-state index in [0.717, 1.165) is 40.9 Å². The number of fused-ring (bicyclic) bond motifs is 1. The van der Waals surface area contributed by atoms with Crippen molar-refractivity contribution in [2.24, 2.45) is 0 Å². The molecular formula is C24H22N4O2. The summed E-state index contributed by atoms with van der Waals surface area (Å²) in [4.78, 5) is 25.8. The van der Waals surface area contributed by atoms with Crippen LogP contribution in [0.3, 0.4) is 0 Å². The van der Waals surface area contributed by atoms with Crippen LogP contribution >= 0.6 is 0 Å². The first-order chi connectivity index (χ1) is 14.6. The summed E-state index contributed by atoms with van der Waals surface area (Å²) in [5.41, 5.74) is 4.99. The van der Waals surface area contributed by atoms with Crippen LogP contribution in [0.2, 0.25) is 0 Å². The number of carbonyl (C=O) groups is 2. The molecule has 150 valence electrons. The van der Waals surface area contributed by atoms with Gasteiger partial charge in [-0.15, -0.1) is 0 Å². The molecular weight excluding hydrogens is 376 g/mol. The lowest BCUT2D eigenvalue weighted by Gasteiger charge is -2.33. The normalized spacial score (nSPS) is 17.8. The molecule has 6 nitrogen and oxygen atoms in total. The first kappa shape index (κ1) is 18.4. The van der Waals surface area contributed by atoms with Gasteiger partial charge in [-0.3, -0.25) is 9.59 Å². The van der Waals surface area contributed by atoms with E-state index in [1.54, 1.807) is 10.9 Å².